The number of benzene rings is 1. The van der Waals surface area contributed by atoms with Gasteiger partial charge in [-0.2, -0.15) is 0 Å². The van der Waals surface area contributed by atoms with Crippen LogP contribution in [-0.2, 0) is 0 Å². The van der Waals surface area contributed by atoms with Crippen LogP contribution in [0.2, 0.25) is 0 Å². The number of anilines is 1. The third-order valence-electron chi connectivity index (χ3n) is 3.37. The van der Waals surface area contributed by atoms with Crippen LogP contribution in [0.1, 0.15) is 20.3 Å². The number of halogens is 2. The fraction of sp³-hybridized carbons (Fsp3) is 0.571. The smallest absolute Gasteiger partial charge is 0.137 e. The van der Waals surface area contributed by atoms with Gasteiger partial charge in [0.05, 0.1) is 4.47 Å². The summed E-state index contributed by atoms with van der Waals surface area (Å²) < 4.78 is 13.7. The van der Waals surface area contributed by atoms with E-state index in [4.69, 9.17) is 0 Å². The Morgan fingerprint density at radius 2 is 2.28 bits per heavy atom. The molecule has 1 fully saturated rings. The SMILES string of the molecule is CC(C)NCC1CCN(c2ccc(F)c(Br)c2)C1. The van der Waals surface area contributed by atoms with E-state index in [2.05, 4.69) is 40.0 Å². The highest BCUT2D eigenvalue weighted by molar-refractivity contribution is 9.10. The molecule has 0 amide bonds. The quantitative estimate of drug-likeness (QED) is 0.916. The minimum Gasteiger partial charge on any atom is -0.371 e. The van der Waals surface area contributed by atoms with Crippen molar-refractivity contribution in [1.29, 1.82) is 0 Å². The number of hydrogen-bond donors (Lipinski definition) is 1. The third-order valence-corrected chi connectivity index (χ3v) is 3.98. The highest BCUT2D eigenvalue weighted by Gasteiger charge is 2.22. The lowest BCUT2D eigenvalue weighted by molar-refractivity contribution is 0.480. The Labute approximate surface area is 117 Å². The average Bonchev–Trinajstić information content (AvgIpc) is 2.79. The molecule has 1 N–H and O–H groups in total. The molecule has 0 aliphatic carbocycles. The number of nitrogens with zero attached hydrogens (tertiary/aromatic N) is 1. The molecule has 1 aliphatic heterocycles. The number of rotatable bonds is 4. The fourth-order valence-corrected chi connectivity index (χ4v) is 2.68. The number of hydrogen-bond acceptors (Lipinski definition) is 2. The average molecular weight is 315 g/mol. The van der Waals surface area contributed by atoms with E-state index in [1.54, 1.807) is 0 Å². The Balaban J connectivity index is 1.93. The van der Waals surface area contributed by atoms with E-state index >= 15 is 0 Å². The predicted molar refractivity (Wildman–Crippen MR) is 77.6 cm³/mol. The largest absolute Gasteiger partial charge is 0.371 e. The highest BCUT2D eigenvalue weighted by atomic mass is 79.9. The van der Waals surface area contributed by atoms with Crippen molar-refractivity contribution in [3.63, 3.8) is 0 Å². The maximum Gasteiger partial charge on any atom is 0.137 e. The highest BCUT2D eigenvalue weighted by Crippen LogP contribution is 2.27. The van der Waals surface area contributed by atoms with E-state index < -0.39 is 0 Å². The Kier molecular flexibility index (Phi) is 4.62. The lowest BCUT2D eigenvalue weighted by Crippen LogP contribution is -2.30. The maximum absolute atomic E-state index is 13.2. The summed E-state index contributed by atoms with van der Waals surface area (Å²) in [5.41, 5.74) is 1.11. The molecule has 1 heterocycles. The first-order valence-corrected chi connectivity index (χ1v) is 7.29. The molecule has 0 bridgehead atoms. The standard InChI is InChI=1S/C14H20BrFN2/c1-10(2)17-8-11-5-6-18(9-11)12-3-4-14(16)13(15)7-12/h3-4,7,10-11,17H,5-6,8-9H2,1-2H3. The molecule has 1 unspecified atom stereocenters. The van der Waals surface area contributed by atoms with Crippen molar-refractivity contribution >= 4 is 21.6 Å². The molecule has 1 aliphatic rings. The van der Waals surface area contributed by atoms with Crippen LogP contribution in [0.15, 0.2) is 22.7 Å². The van der Waals surface area contributed by atoms with Crippen LogP contribution in [0.5, 0.6) is 0 Å². The summed E-state index contributed by atoms with van der Waals surface area (Å²) in [5.74, 6) is 0.493. The van der Waals surface area contributed by atoms with Crippen LogP contribution < -0.4 is 10.2 Å². The molecule has 1 aromatic rings. The zero-order valence-corrected chi connectivity index (χ0v) is 12.5. The van der Waals surface area contributed by atoms with E-state index in [1.807, 2.05) is 12.1 Å². The van der Waals surface area contributed by atoms with Gasteiger partial charge in [0, 0.05) is 24.8 Å². The summed E-state index contributed by atoms with van der Waals surface area (Å²) in [6, 6.07) is 5.80. The van der Waals surface area contributed by atoms with E-state index in [9.17, 15) is 4.39 Å². The molecular formula is C14H20BrFN2. The lowest BCUT2D eigenvalue weighted by atomic mass is 10.1. The summed E-state index contributed by atoms with van der Waals surface area (Å²) in [7, 11) is 0. The van der Waals surface area contributed by atoms with Crippen molar-refractivity contribution in [2.24, 2.45) is 5.92 Å². The van der Waals surface area contributed by atoms with Crippen molar-refractivity contribution in [3.05, 3.63) is 28.5 Å². The summed E-state index contributed by atoms with van der Waals surface area (Å²) in [5, 5.41) is 3.48. The van der Waals surface area contributed by atoms with Gasteiger partial charge in [0.2, 0.25) is 0 Å². The van der Waals surface area contributed by atoms with Gasteiger partial charge in [-0.15, -0.1) is 0 Å². The Hall–Kier alpha value is -0.610. The van der Waals surface area contributed by atoms with Crippen LogP contribution in [-0.4, -0.2) is 25.7 Å². The van der Waals surface area contributed by atoms with Crippen LogP contribution in [0, 0.1) is 11.7 Å². The van der Waals surface area contributed by atoms with Gasteiger partial charge in [0.25, 0.3) is 0 Å². The molecule has 0 spiro atoms. The van der Waals surface area contributed by atoms with Crippen molar-refractivity contribution in [2.45, 2.75) is 26.3 Å². The summed E-state index contributed by atoms with van der Waals surface area (Å²) in [6.07, 6.45) is 1.20. The number of nitrogens with one attached hydrogen (secondary N) is 1. The normalized spacial score (nSPS) is 19.8. The van der Waals surface area contributed by atoms with Crippen molar-refractivity contribution in [3.8, 4) is 0 Å². The van der Waals surface area contributed by atoms with E-state index in [0.29, 0.717) is 16.4 Å². The molecule has 2 nitrogen and oxygen atoms in total. The molecule has 1 aromatic carbocycles. The second-order valence-corrected chi connectivity index (χ2v) is 6.12. The minimum atomic E-state index is -0.198. The Morgan fingerprint density at radius 1 is 1.50 bits per heavy atom. The van der Waals surface area contributed by atoms with Crippen molar-refractivity contribution < 1.29 is 4.39 Å². The summed E-state index contributed by atoms with van der Waals surface area (Å²) in [6.45, 7) is 7.52. The fourth-order valence-electron chi connectivity index (χ4n) is 2.32. The van der Waals surface area contributed by atoms with E-state index in [1.165, 1.54) is 12.5 Å². The van der Waals surface area contributed by atoms with Crippen LogP contribution >= 0.6 is 15.9 Å². The molecule has 0 saturated carbocycles. The second kappa shape index (κ2) is 6.02. The molecule has 100 valence electrons. The molecule has 1 saturated heterocycles. The van der Waals surface area contributed by atoms with Gasteiger partial charge in [-0.3, -0.25) is 0 Å². The molecule has 4 heteroatoms. The van der Waals surface area contributed by atoms with Gasteiger partial charge in [-0.25, -0.2) is 4.39 Å². The third kappa shape index (κ3) is 3.45. The molecule has 0 radical (unpaired) electrons. The van der Waals surface area contributed by atoms with Gasteiger partial charge in [0.15, 0.2) is 0 Å². The van der Waals surface area contributed by atoms with Gasteiger partial charge < -0.3 is 10.2 Å². The zero-order chi connectivity index (χ0) is 13.1. The first kappa shape index (κ1) is 13.8. The first-order chi connectivity index (χ1) is 8.56. The topological polar surface area (TPSA) is 15.3 Å². The molecule has 1 atom stereocenters. The van der Waals surface area contributed by atoms with Crippen molar-refractivity contribution in [2.75, 3.05) is 24.5 Å². The Bertz CT molecular complexity index is 409. The molecule has 18 heavy (non-hydrogen) atoms. The molecular weight excluding hydrogens is 295 g/mol. The van der Waals surface area contributed by atoms with Gasteiger partial charge in [-0.1, -0.05) is 13.8 Å². The zero-order valence-electron chi connectivity index (χ0n) is 10.9. The van der Waals surface area contributed by atoms with Crippen molar-refractivity contribution in [1.82, 2.24) is 5.32 Å². The van der Waals surface area contributed by atoms with Crippen LogP contribution in [0.4, 0.5) is 10.1 Å². The van der Waals surface area contributed by atoms with Gasteiger partial charge >= 0.3 is 0 Å². The predicted octanol–water partition coefficient (Wildman–Crippen LogP) is 3.41. The monoisotopic (exact) mass is 314 g/mol. The van der Waals surface area contributed by atoms with Gasteiger partial charge in [0.1, 0.15) is 5.82 Å². The van der Waals surface area contributed by atoms with E-state index in [0.717, 1.165) is 25.3 Å². The summed E-state index contributed by atoms with van der Waals surface area (Å²) in [4.78, 5) is 2.33. The first-order valence-electron chi connectivity index (χ1n) is 6.49. The Morgan fingerprint density at radius 3 is 2.94 bits per heavy atom. The maximum atomic E-state index is 13.2. The molecule has 0 aromatic heterocycles. The summed E-state index contributed by atoms with van der Waals surface area (Å²) >= 11 is 3.24. The molecule has 2 rings (SSSR count). The minimum absolute atomic E-state index is 0.198. The lowest BCUT2D eigenvalue weighted by Gasteiger charge is -2.19. The van der Waals surface area contributed by atoms with Gasteiger partial charge in [-0.05, 0) is 53.0 Å². The van der Waals surface area contributed by atoms with Crippen LogP contribution in [0.3, 0.4) is 0 Å². The van der Waals surface area contributed by atoms with Crippen LogP contribution in [0.25, 0.3) is 0 Å². The second-order valence-electron chi connectivity index (χ2n) is 5.26. The van der Waals surface area contributed by atoms with E-state index in [-0.39, 0.29) is 5.82 Å².